The van der Waals surface area contributed by atoms with Crippen molar-refractivity contribution in [1.82, 2.24) is 10.2 Å². The number of aliphatic hydroxyl groups is 1. The highest BCUT2D eigenvalue weighted by atomic mass is 16.3. The van der Waals surface area contributed by atoms with Gasteiger partial charge in [-0.1, -0.05) is 73.0 Å². The summed E-state index contributed by atoms with van der Waals surface area (Å²) >= 11 is 0. The van der Waals surface area contributed by atoms with Crippen molar-refractivity contribution in [2.75, 3.05) is 19.6 Å². The van der Waals surface area contributed by atoms with Gasteiger partial charge in [0.2, 0.25) is 0 Å². The highest BCUT2D eigenvalue weighted by Crippen LogP contribution is 2.51. The number of amides is 1. The first kappa shape index (κ1) is 20.7. The maximum atomic E-state index is 13.3. The molecular formula is C27H34N2O2. The van der Waals surface area contributed by atoms with Gasteiger partial charge in [-0.05, 0) is 48.6 Å². The Balaban J connectivity index is 1.16. The predicted octanol–water partition coefficient (Wildman–Crippen LogP) is 3.87. The smallest absolute Gasteiger partial charge is 0.256 e. The van der Waals surface area contributed by atoms with Gasteiger partial charge >= 0.3 is 0 Å². The highest BCUT2D eigenvalue weighted by Gasteiger charge is 2.55. The normalized spacial score (nSPS) is 27.6. The van der Waals surface area contributed by atoms with Gasteiger partial charge in [-0.3, -0.25) is 9.69 Å². The molecule has 4 atom stereocenters. The van der Waals surface area contributed by atoms with E-state index in [4.69, 9.17) is 0 Å². The second-order valence-corrected chi connectivity index (χ2v) is 10.00. The van der Waals surface area contributed by atoms with Crippen LogP contribution in [0, 0.1) is 30.6 Å². The summed E-state index contributed by atoms with van der Waals surface area (Å²) in [5.74, 6) is 1.73. The van der Waals surface area contributed by atoms with Crippen LogP contribution in [-0.4, -0.2) is 35.5 Å². The number of aryl methyl sites for hydroxylation is 1. The Morgan fingerprint density at radius 2 is 1.68 bits per heavy atom. The molecule has 3 aliphatic rings. The highest BCUT2D eigenvalue weighted by molar-refractivity contribution is 5.86. The molecule has 0 radical (unpaired) electrons. The topological polar surface area (TPSA) is 52.6 Å². The first-order valence-electron chi connectivity index (χ1n) is 11.9. The van der Waals surface area contributed by atoms with Crippen molar-refractivity contribution < 1.29 is 9.90 Å². The Kier molecular flexibility index (Phi) is 5.61. The Bertz CT molecular complexity index is 895. The standard InChI is InChI=1S/C27H34N2O2/c1-19-11-13-20(14-12-19)16-29-17-24-23(25(24)18-29)15-28-26(30)27(31,22-9-5-6-10-22)21-7-3-2-4-8-21/h2-4,7-8,11-14,22-25,31H,5-6,9-10,15-18H2,1H3,(H,28,30)/t23?,24-,25?,27-/m1/s1. The fourth-order valence-electron chi connectivity index (χ4n) is 6.05. The maximum Gasteiger partial charge on any atom is 0.256 e. The molecule has 1 aliphatic heterocycles. The molecule has 3 fully saturated rings. The lowest BCUT2D eigenvalue weighted by atomic mass is 9.79. The fraction of sp³-hybridized carbons (Fsp3) is 0.519. The molecule has 4 heteroatoms. The summed E-state index contributed by atoms with van der Waals surface area (Å²) in [6.45, 7) is 6.06. The molecule has 1 saturated heterocycles. The van der Waals surface area contributed by atoms with Crippen molar-refractivity contribution in [3.63, 3.8) is 0 Å². The zero-order valence-electron chi connectivity index (χ0n) is 18.5. The molecule has 2 saturated carbocycles. The van der Waals surface area contributed by atoms with Crippen LogP contribution in [0.1, 0.15) is 42.4 Å². The number of nitrogens with zero attached hydrogens (tertiary/aromatic N) is 1. The molecule has 2 unspecified atom stereocenters. The lowest BCUT2D eigenvalue weighted by molar-refractivity contribution is -0.147. The van der Waals surface area contributed by atoms with Crippen LogP contribution in [0.25, 0.3) is 0 Å². The minimum atomic E-state index is -1.40. The van der Waals surface area contributed by atoms with Crippen LogP contribution in [0.5, 0.6) is 0 Å². The number of carbonyl (C=O) groups is 1. The summed E-state index contributed by atoms with van der Waals surface area (Å²) in [6, 6.07) is 18.4. The van der Waals surface area contributed by atoms with Gasteiger partial charge in [-0.25, -0.2) is 0 Å². The molecule has 2 aromatic rings. The predicted molar refractivity (Wildman–Crippen MR) is 122 cm³/mol. The Morgan fingerprint density at radius 3 is 2.32 bits per heavy atom. The number of likely N-dealkylation sites (tertiary alicyclic amines) is 1. The SMILES string of the molecule is Cc1ccc(CN2CC3C(CNC(=O)[C@@](O)(c4ccccc4)C4CCCC4)[C@H]3C2)cc1. The molecule has 0 spiro atoms. The molecule has 1 amide bonds. The van der Waals surface area contributed by atoms with Gasteiger partial charge in [0.05, 0.1) is 0 Å². The average Bonchev–Trinajstić information content (AvgIpc) is 3.18. The number of rotatable bonds is 7. The van der Waals surface area contributed by atoms with E-state index in [1.165, 1.54) is 11.1 Å². The zero-order valence-corrected chi connectivity index (χ0v) is 18.5. The van der Waals surface area contributed by atoms with E-state index in [1.54, 1.807) is 0 Å². The Morgan fingerprint density at radius 1 is 1.03 bits per heavy atom. The van der Waals surface area contributed by atoms with Gasteiger partial charge in [0.15, 0.2) is 5.60 Å². The molecule has 2 N–H and O–H groups in total. The quantitative estimate of drug-likeness (QED) is 0.718. The molecule has 2 aliphatic carbocycles. The van der Waals surface area contributed by atoms with Crippen molar-refractivity contribution >= 4 is 5.91 Å². The van der Waals surface area contributed by atoms with Gasteiger partial charge < -0.3 is 10.4 Å². The summed E-state index contributed by atoms with van der Waals surface area (Å²) in [5, 5.41) is 14.7. The van der Waals surface area contributed by atoms with Crippen LogP contribution in [0.3, 0.4) is 0 Å². The average molecular weight is 419 g/mol. The number of carbonyl (C=O) groups excluding carboxylic acids is 1. The van der Waals surface area contributed by atoms with Gasteiger partial charge in [-0.2, -0.15) is 0 Å². The third kappa shape index (κ3) is 4.04. The van der Waals surface area contributed by atoms with Gasteiger partial charge in [0, 0.05) is 32.1 Å². The summed E-state index contributed by atoms with van der Waals surface area (Å²) in [5.41, 5.74) is 2.01. The summed E-state index contributed by atoms with van der Waals surface area (Å²) in [6.07, 6.45) is 4.02. The lowest BCUT2D eigenvalue weighted by Gasteiger charge is -2.33. The van der Waals surface area contributed by atoms with Gasteiger partial charge in [0.1, 0.15) is 0 Å². The molecule has 2 aromatic carbocycles. The van der Waals surface area contributed by atoms with Crippen LogP contribution >= 0.6 is 0 Å². The van der Waals surface area contributed by atoms with E-state index in [-0.39, 0.29) is 11.8 Å². The third-order valence-corrected chi connectivity index (χ3v) is 7.98. The zero-order chi connectivity index (χ0) is 21.4. The fourth-order valence-corrected chi connectivity index (χ4v) is 6.05. The van der Waals surface area contributed by atoms with E-state index in [0.29, 0.717) is 24.3 Å². The molecule has 0 aromatic heterocycles. The number of hydrogen-bond donors (Lipinski definition) is 2. The molecule has 164 valence electrons. The number of benzene rings is 2. The second-order valence-electron chi connectivity index (χ2n) is 10.00. The van der Waals surface area contributed by atoms with E-state index in [1.807, 2.05) is 30.3 Å². The minimum Gasteiger partial charge on any atom is -0.375 e. The van der Waals surface area contributed by atoms with Gasteiger partial charge in [-0.15, -0.1) is 0 Å². The Hall–Kier alpha value is -2.17. The lowest BCUT2D eigenvalue weighted by Crippen LogP contribution is -2.49. The van der Waals surface area contributed by atoms with Crippen LogP contribution < -0.4 is 5.32 Å². The first-order valence-corrected chi connectivity index (χ1v) is 11.9. The van der Waals surface area contributed by atoms with Crippen molar-refractivity contribution in [2.45, 2.75) is 44.8 Å². The van der Waals surface area contributed by atoms with Gasteiger partial charge in [0.25, 0.3) is 5.91 Å². The van der Waals surface area contributed by atoms with Crippen LogP contribution in [-0.2, 0) is 16.9 Å². The summed E-state index contributed by atoms with van der Waals surface area (Å²) in [4.78, 5) is 15.8. The molecule has 4 nitrogen and oxygen atoms in total. The molecule has 0 bridgehead atoms. The number of nitrogens with one attached hydrogen (secondary N) is 1. The van der Waals surface area contributed by atoms with Crippen LogP contribution in [0.4, 0.5) is 0 Å². The van der Waals surface area contributed by atoms with E-state index >= 15 is 0 Å². The first-order chi connectivity index (χ1) is 15.1. The number of hydrogen-bond acceptors (Lipinski definition) is 3. The third-order valence-electron chi connectivity index (χ3n) is 7.98. The largest absolute Gasteiger partial charge is 0.375 e. The van der Waals surface area contributed by atoms with E-state index < -0.39 is 5.60 Å². The van der Waals surface area contributed by atoms with Crippen molar-refractivity contribution in [3.05, 3.63) is 71.3 Å². The van der Waals surface area contributed by atoms with Crippen LogP contribution in [0.15, 0.2) is 54.6 Å². The van der Waals surface area contributed by atoms with E-state index in [9.17, 15) is 9.90 Å². The number of fused-ring (bicyclic) bond motifs is 1. The van der Waals surface area contributed by atoms with Crippen molar-refractivity contribution in [1.29, 1.82) is 0 Å². The summed E-state index contributed by atoms with van der Waals surface area (Å²) in [7, 11) is 0. The minimum absolute atomic E-state index is 0.0126. The van der Waals surface area contributed by atoms with Crippen molar-refractivity contribution in [3.8, 4) is 0 Å². The Labute approximate surface area is 185 Å². The molecular weight excluding hydrogens is 384 g/mol. The molecule has 1 heterocycles. The van der Waals surface area contributed by atoms with E-state index in [0.717, 1.165) is 50.9 Å². The second kappa shape index (κ2) is 8.40. The van der Waals surface area contributed by atoms with Crippen molar-refractivity contribution in [2.24, 2.45) is 23.7 Å². The maximum absolute atomic E-state index is 13.3. The monoisotopic (exact) mass is 418 g/mol. The van der Waals surface area contributed by atoms with Crippen LogP contribution in [0.2, 0.25) is 0 Å². The summed E-state index contributed by atoms with van der Waals surface area (Å²) < 4.78 is 0. The molecule has 31 heavy (non-hydrogen) atoms. The van der Waals surface area contributed by atoms with E-state index in [2.05, 4.69) is 41.4 Å². The number of piperidine rings is 1. The molecule has 5 rings (SSSR count).